The first-order valence-corrected chi connectivity index (χ1v) is 10.9. The molecule has 4 rings (SSSR count). The molecule has 3 aromatic carbocycles. The lowest BCUT2D eigenvalue weighted by molar-refractivity contribution is 0.368. The minimum absolute atomic E-state index is 0.156. The summed E-state index contributed by atoms with van der Waals surface area (Å²) in [6, 6.07) is 30.7. The van der Waals surface area contributed by atoms with E-state index in [2.05, 4.69) is 91.9 Å². The zero-order valence-corrected chi connectivity index (χ0v) is 17.3. The Balaban J connectivity index is 0.000000431. The zero-order chi connectivity index (χ0) is 20.9. The highest BCUT2D eigenvalue weighted by Crippen LogP contribution is 2.55. The van der Waals surface area contributed by atoms with Gasteiger partial charge in [0.05, 0.1) is 5.56 Å². The second-order valence-corrected chi connectivity index (χ2v) is 9.03. The van der Waals surface area contributed by atoms with Crippen molar-refractivity contribution in [3.8, 4) is 0 Å². The summed E-state index contributed by atoms with van der Waals surface area (Å²) in [5, 5.41) is 0. The number of hydrogen-bond donors (Lipinski definition) is 0. The lowest BCUT2D eigenvalue weighted by Gasteiger charge is -2.29. The van der Waals surface area contributed by atoms with Crippen molar-refractivity contribution >= 4 is 34.6 Å². The molecule has 0 amide bonds. The molecule has 1 aliphatic rings. The molecule has 0 saturated heterocycles. The van der Waals surface area contributed by atoms with Crippen LogP contribution in [0.25, 0.3) is 0 Å². The van der Waals surface area contributed by atoms with Gasteiger partial charge in [-0.15, -0.1) is 0 Å². The second kappa shape index (κ2) is 9.14. The molecule has 0 nitrogen and oxygen atoms in total. The summed E-state index contributed by atoms with van der Waals surface area (Å²) in [4.78, 5) is 0. The first-order chi connectivity index (χ1) is 13.9. The quantitative estimate of drug-likeness (QED) is 0.194. The third-order valence-electron chi connectivity index (χ3n) is 4.41. The summed E-state index contributed by atoms with van der Waals surface area (Å²) in [5.74, 6) is 1.09. The van der Waals surface area contributed by atoms with Gasteiger partial charge in [-0.05, 0) is 41.4 Å². The average Bonchev–Trinajstić information content (AvgIpc) is 3.04. The van der Waals surface area contributed by atoms with E-state index in [4.69, 9.17) is 0 Å². The molecule has 150 valence electrons. The van der Waals surface area contributed by atoms with Crippen molar-refractivity contribution in [2.45, 2.75) is 11.7 Å². The van der Waals surface area contributed by atoms with E-state index < -0.39 is 7.25 Å². The average molecular weight is 434 g/mol. The van der Waals surface area contributed by atoms with Crippen LogP contribution in [0.4, 0.5) is 17.3 Å². The number of rotatable bonds is 3. The van der Waals surface area contributed by atoms with E-state index in [0.717, 1.165) is 5.75 Å². The van der Waals surface area contributed by atoms with Crippen molar-refractivity contribution in [1.29, 1.82) is 0 Å². The molecule has 0 unspecified atom stereocenters. The molecular weight excluding hydrogens is 415 g/mol. The van der Waals surface area contributed by atoms with Gasteiger partial charge in [0.2, 0.25) is 0 Å². The van der Waals surface area contributed by atoms with Crippen LogP contribution in [0, 0.1) is 0 Å². The topological polar surface area (TPSA) is 0 Å². The normalized spacial score (nSPS) is 16.1. The van der Waals surface area contributed by atoms with Gasteiger partial charge in [-0.3, -0.25) is 0 Å². The van der Waals surface area contributed by atoms with Crippen LogP contribution in [0.3, 0.4) is 0 Å². The highest BCUT2D eigenvalue weighted by molar-refractivity contribution is 8.24. The molecule has 0 aromatic heterocycles. The molecule has 3 aromatic rings. The lowest BCUT2D eigenvalue weighted by Crippen LogP contribution is -2.22. The van der Waals surface area contributed by atoms with Crippen LogP contribution >= 0.6 is 11.8 Å². The van der Waals surface area contributed by atoms with E-state index in [1.165, 1.54) is 26.5 Å². The molecule has 0 saturated carbocycles. The number of fused-ring (bicyclic) bond motifs is 1. The Morgan fingerprint density at radius 1 is 0.759 bits per heavy atom. The van der Waals surface area contributed by atoms with Crippen LogP contribution in [0.1, 0.15) is 29.2 Å². The fraction of sp³-hybridized carbons (Fsp3) is 0.136. The summed E-state index contributed by atoms with van der Waals surface area (Å²) in [5.41, 5.74) is 5.49. The Morgan fingerprint density at radius 2 is 1.21 bits per heavy atom. The van der Waals surface area contributed by atoms with Gasteiger partial charge in [-0.25, -0.2) is 0 Å². The maximum absolute atomic E-state index is 9.75. The molecule has 29 heavy (non-hydrogen) atoms. The van der Waals surface area contributed by atoms with Crippen molar-refractivity contribution in [3.05, 3.63) is 107 Å². The third-order valence-corrected chi connectivity index (χ3v) is 7.19. The van der Waals surface area contributed by atoms with Crippen molar-refractivity contribution in [1.82, 2.24) is 0 Å². The van der Waals surface area contributed by atoms with Crippen LogP contribution < -0.4 is 0 Å². The first kappa shape index (κ1) is 21.6. The van der Waals surface area contributed by atoms with E-state index in [9.17, 15) is 17.3 Å². The molecule has 0 bridgehead atoms. The Bertz CT molecular complexity index is 927. The standard InChI is InChI=1S/C22H19S2.BF4/c1-2-23-21-19-15-9-10-16-20(19)22(24-21,17-11-5-3-6-12-17)18-13-7-4-8-14-18;2-1(3,4)5/h3-16H,2H2,1H3;/q+1;-1. The second-order valence-electron chi connectivity index (χ2n) is 6.28. The van der Waals surface area contributed by atoms with Crippen LogP contribution in [-0.2, 0) is 16.1 Å². The molecule has 0 N–H and O–H groups in total. The lowest BCUT2D eigenvalue weighted by atomic mass is 9.82. The molecule has 1 aliphatic heterocycles. The first-order valence-electron chi connectivity index (χ1n) is 9.13. The van der Waals surface area contributed by atoms with Crippen LogP contribution in [0.5, 0.6) is 0 Å². The molecule has 0 aliphatic carbocycles. The predicted molar refractivity (Wildman–Crippen MR) is 119 cm³/mol. The third kappa shape index (κ3) is 4.90. The van der Waals surface area contributed by atoms with Gasteiger partial charge in [0.25, 0.3) is 4.20 Å². The van der Waals surface area contributed by atoms with Gasteiger partial charge in [0.15, 0.2) is 17.1 Å². The van der Waals surface area contributed by atoms with Crippen LogP contribution in [0.15, 0.2) is 84.9 Å². The maximum atomic E-state index is 9.75. The molecule has 7 heteroatoms. The monoisotopic (exact) mass is 434 g/mol. The number of halogens is 4. The van der Waals surface area contributed by atoms with Crippen molar-refractivity contribution < 1.29 is 17.3 Å². The number of benzene rings is 3. The van der Waals surface area contributed by atoms with E-state index in [-0.39, 0.29) is 4.75 Å². The summed E-state index contributed by atoms with van der Waals surface area (Å²) in [6.07, 6.45) is 0. The SMILES string of the molecule is CC[S+]=C1SC(c2ccccc2)(c2ccccc2)c2ccccc21.F[B-](F)(F)F. The largest absolute Gasteiger partial charge is 0.673 e. The summed E-state index contributed by atoms with van der Waals surface area (Å²) in [6.45, 7) is 2.23. The number of hydrogen-bond acceptors (Lipinski definition) is 1. The van der Waals surface area contributed by atoms with Gasteiger partial charge in [-0.2, -0.15) is 0 Å². The van der Waals surface area contributed by atoms with E-state index >= 15 is 0 Å². The minimum Gasteiger partial charge on any atom is -0.418 e. The smallest absolute Gasteiger partial charge is 0.418 e. The molecule has 0 fully saturated rings. The van der Waals surface area contributed by atoms with Crippen molar-refractivity contribution in [2.75, 3.05) is 5.75 Å². The molecule has 1 heterocycles. The minimum atomic E-state index is -6.00. The fourth-order valence-electron chi connectivity index (χ4n) is 3.40. The zero-order valence-electron chi connectivity index (χ0n) is 15.7. The van der Waals surface area contributed by atoms with Gasteiger partial charge < -0.3 is 17.3 Å². The maximum Gasteiger partial charge on any atom is 0.673 e. The van der Waals surface area contributed by atoms with Gasteiger partial charge in [-0.1, -0.05) is 78.9 Å². The summed E-state index contributed by atoms with van der Waals surface area (Å²) < 4.78 is 40.3. The van der Waals surface area contributed by atoms with Gasteiger partial charge >= 0.3 is 7.25 Å². The molecule has 0 spiro atoms. The Morgan fingerprint density at radius 3 is 1.69 bits per heavy atom. The van der Waals surface area contributed by atoms with E-state index in [1.807, 2.05) is 23.1 Å². The highest BCUT2D eigenvalue weighted by Gasteiger charge is 2.48. The van der Waals surface area contributed by atoms with E-state index in [1.54, 1.807) is 0 Å². The summed E-state index contributed by atoms with van der Waals surface area (Å²) in [7, 11) is -6.00. The van der Waals surface area contributed by atoms with E-state index in [0.29, 0.717) is 0 Å². The predicted octanol–water partition coefficient (Wildman–Crippen LogP) is 6.61. The Kier molecular flexibility index (Phi) is 6.80. The molecular formula is C22H19BF4S2. The molecule has 0 atom stereocenters. The molecule has 0 radical (unpaired) electrons. The van der Waals surface area contributed by atoms with Gasteiger partial charge in [0, 0.05) is 0 Å². The van der Waals surface area contributed by atoms with Gasteiger partial charge in [0.1, 0.15) is 4.75 Å². The fourth-order valence-corrected chi connectivity index (χ4v) is 6.32. The summed E-state index contributed by atoms with van der Waals surface area (Å²) >= 11 is 3.95. The van der Waals surface area contributed by atoms with Crippen molar-refractivity contribution in [2.24, 2.45) is 0 Å². The highest BCUT2D eigenvalue weighted by atomic mass is 32.2. The van der Waals surface area contributed by atoms with Crippen LogP contribution in [-0.4, -0.2) is 17.2 Å². The Labute approximate surface area is 176 Å². The van der Waals surface area contributed by atoms with Crippen molar-refractivity contribution in [3.63, 3.8) is 0 Å². The number of thioether (sulfide) groups is 1. The Hall–Kier alpha value is -2.12. The van der Waals surface area contributed by atoms with Crippen LogP contribution in [0.2, 0.25) is 0 Å².